The topological polar surface area (TPSA) is 113 Å². The third kappa shape index (κ3) is 7.73. The van der Waals surface area contributed by atoms with Crippen molar-refractivity contribution in [2.45, 2.75) is 40.1 Å². The Morgan fingerprint density at radius 3 is 2.35 bits per heavy atom. The second-order valence-electron chi connectivity index (χ2n) is 9.71. The van der Waals surface area contributed by atoms with Crippen molar-refractivity contribution in [3.8, 4) is 17.2 Å². The van der Waals surface area contributed by atoms with Crippen molar-refractivity contribution in [2.24, 2.45) is 0 Å². The SMILES string of the molecule is CCN(c1cccc(C)c1)S(=O)(=O)N(CC(=O)O)Cc1cccc(OCc2nc(-c3ccc(C(F)(F)F)cc3)oc2C)c1. The summed E-state index contributed by atoms with van der Waals surface area (Å²) in [5, 5.41) is 9.50. The summed E-state index contributed by atoms with van der Waals surface area (Å²) in [4.78, 5) is 16.0. The van der Waals surface area contributed by atoms with E-state index in [-0.39, 0.29) is 25.6 Å². The standard InChI is InChI=1S/C30H30F3N3O6S/c1-4-36(25-9-5-7-20(2)15-25)43(39,40)35(18-28(37)38)17-22-8-6-10-26(16-22)41-19-27-21(3)42-29(34-27)23-11-13-24(14-12-23)30(31,32)33/h5-16H,4,17-19H2,1-3H3,(H,37,38). The Hall–Kier alpha value is -4.36. The van der Waals surface area contributed by atoms with Crippen molar-refractivity contribution in [3.05, 3.63) is 101 Å². The third-order valence-corrected chi connectivity index (χ3v) is 8.41. The van der Waals surface area contributed by atoms with Gasteiger partial charge >= 0.3 is 22.4 Å². The van der Waals surface area contributed by atoms with Crippen molar-refractivity contribution in [1.82, 2.24) is 9.29 Å². The first kappa shape index (κ1) is 31.6. The van der Waals surface area contributed by atoms with Crippen molar-refractivity contribution in [1.29, 1.82) is 0 Å². The first-order valence-electron chi connectivity index (χ1n) is 13.2. The monoisotopic (exact) mass is 617 g/mol. The van der Waals surface area contributed by atoms with Crippen molar-refractivity contribution >= 4 is 21.9 Å². The smallest absolute Gasteiger partial charge is 0.416 e. The molecule has 0 fully saturated rings. The zero-order chi connectivity index (χ0) is 31.4. The summed E-state index contributed by atoms with van der Waals surface area (Å²) in [5.74, 6) is -0.376. The molecule has 1 aromatic heterocycles. The number of anilines is 1. The lowest BCUT2D eigenvalue weighted by atomic mass is 10.1. The van der Waals surface area contributed by atoms with E-state index in [1.165, 1.54) is 12.1 Å². The molecular formula is C30H30F3N3O6S. The Balaban J connectivity index is 1.50. The maximum absolute atomic E-state index is 13.6. The number of aromatic nitrogens is 1. The Labute approximate surface area is 247 Å². The molecule has 0 spiro atoms. The van der Waals surface area contributed by atoms with Gasteiger partial charge in [-0.2, -0.15) is 25.9 Å². The minimum atomic E-state index is -4.45. The summed E-state index contributed by atoms with van der Waals surface area (Å²) in [6, 6.07) is 17.9. The van der Waals surface area contributed by atoms with Crippen molar-refractivity contribution < 1.29 is 40.6 Å². The Morgan fingerprint density at radius 2 is 1.72 bits per heavy atom. The summed E-state index contributed by atoms with van der Waals surface area (Å²) < 4.78 is 79.4. The van der Waals surface area contributed by atoms with Gasteiger partial charge in [-0.3, -0.25) is 9.10 Å². The largest absolute Gasteiger partial charge is 0.487 e. The molecule has 0 atom stereocenters. The number of rotatable bonds is 12. The van der Waals surface area contributed by atoms with Crippen LogP contribution in [0.1, 0.15) is 35.1 Å². The molecular weight excluding hydrogens is 587 g/mol. The van der Waals surface area contributed by atoms with Crippen LogP contribution in [-0.4, -0.2) is 41.9 Å². The lowest BCUT2D eigenvalue weighted by Gasteiger charge is -2.30. The third-order valence-electron chi connectivity index (χ3n) is 6.48. The second kappa shape index (κ2) is 12.9. The second-order valence-corrected chi connectivity index (χ2v) is 11.6. The molecule has 0 saturated carbocycles. The maximum Gasteiger partial charge on any atom is 0.416 e. The average Bonchev–Trinajstić information content (AvgIpc) is 3.32. The Bertz CT molecular complexity index is 1690. The average molecular weight is 618 g/mol. The zero-order valence-corrected chi connectivity index (χ0v) is 24.4. The number of hydrogen-bond donors (Lipinski definition) is 1. The van der Waals surface area contributed by atoms with Crippen LogP contribution in [0.15, 0.2) is 77.2 Å². The number of ether oxygens (including phenoxy) is 1. The molecule has 228 valence electrons. The highest BCUT2D eigenvalue weighted by atomic mass is 32.2. The summed E-state index contributed by atoms with van der Waals surface area (Å²) in [5.41, 5.74) is 1.78. The van der Waals surface area contributed by atoms with Crippen molar-refractivity contribution in [2.75, 3.05) is 17.4 Å². The summed E-state index contributed by atoms with van der Waals surface area (Å²) >= 11 is 0. The molecule has 4 rings (SSSR count). The molecule has 0 aliphatic carbocycles. The molecule has 0 saturated heterocycles. The number of aliphatic carboxylic acids is 1. The number of alkyl halides is 3. The number of nitrogens with zero attached hydrogens (tertiary/aromatic N) is 3. The number of aryl methyl sites for hydroxylation is 2. The van der Waals surface area contributed by atoms with Crippen LogP contribution < -0.4 is 9.04 Å². The van der Waals surface area contributed by atoms with Gasteiger partial charge < -0.3 is 14.3 Å². The molecule has 0 bridgehead atoms. The van der Waals surface area contributed by atoms with Gasteiger partial charge in [0, 0.05) is 18.7 Å². The van der Waals surface area contributed by atoms with Gasteiger partial charge in [-0.15, -0.1) is 0 Å². The van der Waals surface area contributed by atoms with Gasteiger partial charge in [0.25, 0.3) is 0 Å². The predicted octanol–water partition coefficient (Wildman–Crippen LogP) is 6.21. The van der Waals surface area contributed by atoms with Crippen LogP contribution in [0.5, 0.6) is 5.75 Å². The fraction of sp³-hybridized carbons (Fsp3) is 0.267. The molecule has 13 heteroatoms. The summed E-state index contributed by atoms with van der Waals surface area (Å²) in [6.45, 7) is 4.24. The highest BCUT2D eigenvalue weighted by Crippen LogP contribution is 2.31. The number of oxazole rings is 1. The number of benzene rings is 3. The van der Waals surface area contributed by atoms with Gasteiger partial charge in [0.2, 0.25) is 5.89 Å². The minimum Gasteiger partial charge on any atom is -0.487 e. The van der Waals surface area contributed by atoms with Gasteiger partial charge in [0.1, 0.15) is 30.4 Å². The summed E-state index contributed by atoms with van der Waals surface area (Å²) in [7, 11) is -4.22. The first-order chi connectivity index (χ1) is 20.3. The van der Waals surface area contributed by atoms with Crippen LogP contribution in [0.4, 0.5) is 18.9 Å². The molecule has 0 radical (unpaired) electrons. The van der Waals surface area contributed by atoms with Crippen LogP contribution in [-0.2, 0) is 34.3 Å². The van der Waals surface area contributed by atoms with E-state index in [0.717, 1.165) is 26.3 Å². The van der Waals surface area contributed by atoms with Crippen LogP contribution in [0.25, 0.3) is 11.5 Å². The van der Waals surface area contributed by atoms with E-state index in [1.54, 1.807) is 56.3 Å². The van der Waals surface area contributed by atoms with Gasteiger partial charge in [-0.05, 0) is 80.4 Å². The van der Waals surface area contributed by atoms with Crippen LogP contribution in [0, 0.1) is 13.8 Å². The van der Waals surface area contributed by atoms with E-state index < -0.39 is 34.5 Å². The number of carbonyl (C=O) groups is 1. The number of carboxylic acid groups (broad SMARTS) is 1. The van der Waals surface area contributed by atoms with Crippen LogP contribution in [0.2, 0.25) is 0 Å². The molecule has 1 heterocycles. The Kier molecular flexibility index (Phi) is 9.46. The lowest BCUT2D eigenvalue weighted by molar-refractivity contribution is -0.138. The fourth-order valence-corrected chi connectivity index (χ4v) is 5.92. The molecule has 3 aromatic carbocycles. The molecule has 0 aliphatic rings. The molecule has 0 aliphatic heterocycles. The van der Waals surface area contributed by atoms with Gasteiger partial charge in [0.15, 0.2) is 0 Å². The van der Waals surface area contributed by atoms with Gasteiger partial charge in [-0.25, -0.2) is 4.98 Å². The molecule has 43 heavy (non-hydrogen) atoms. The minimum absolute atomic E-state index is 0.0342. The van der Waals surface area contributed by atoms with E-state index in [2.05, 4.69) is 4.98 Å². The molecule has 4 aromatic rings. The van der Waals surface area contributed by atoms with E-state index in [0.29, 0.717) is 34.0 Å². The highest BCUT2D eigenvalue weighted by molar-refractivity contribution is 7.90. The summed E-state index contributed by atoms with van der Waals surface area (Å²) in [6.07, 6.45) is -4.45. The van der Waals surface area contributed by atoms with E-state index in [9.17, 15) is 31.5 Å². The van der Waals surface area contributed by atoms with Crippen LogP contribution >= 0.6 is 0 Å². The molecule has 9 nitrogen and oxygen atoms in total. The van der Waals surface area contributed by atoms with Gasteiger partial charge in [0.05, 0.1) is 11.3 Å². The van der Waals surface area contributed by atoms with E-state index in [4.69, 9.17) is 9.15 Å². The highest BCUT2D eigenvalue weighted by Gasteiger charge is 2.32. The zero-order valence-electron chi connectivity index (χ0n) is 23.6. The molecule has 1 N–H and O–H groups in total. The van der Waals surface area contributed by atoms with E-state index >= 15 is 0 Å². The number of carboxylic acids is 1. The quantitative estimate of drug-likeness (QED) is 0.201. The fourth-order valence-electron chi connectivity index (χ4n) is 4.35. The van der Waals surface area contributed by atoms with Crippen molar-refractivity contribution in [3.63, 3.8) is 0 Å². The molecule has 0 unspecified atom stereocenters. The number of hydrogen-bond acceptors (Lipinski definition) is 6. The predicted molar refractivity (Wildman–Crippen MR) is 154 cm³/mol. The van der Waals surface area contributed by atoms with Crippen LogP contribution in [0.3, 0.4) is 0 Å². The van der Waals surface area contributed by atoms with E-state index in [1.807, 2.05) is 13.0 Å². The van der Waals surface area contributed by atoms with Gasteiger partial charge in [-0.1, -0.05) is 24.3 Å². The first-order valence-corrected chi connectivity index (χ1v) is 14.6. The Morgan fingerprint density at radius 1 is 1.02 bits per heavy atom. The number of halogens is 3. The lowest BCUT2D eigenvalue weighted by Crippen LogP contribution is -2.45. The molecule has 0 amide bonds. The normalized spacial score (nSPS) is 12.0. The maximum atomic E-state index is 13.6.